The third kappa shape index (κ3) is 4.09. The molecule has 2 aromatic carbocycles. The first-order chi connectivity index (χ1) is 15.7. The molecule has 0 aromatic heterocycles. The quantitative estimate of drug-likeness (QED) is 0.346. The lowest BCUT2D eigenvalue weighted by Crippen LogP contribution is -2.56. The first-order valence-corrected chi connectivity index (χ1v) is 11.4. The van der Waals surface area contributed by atoms with Gasteiger partial charge in [-0.3, -0.25) is 19.2 Å². The zero-order valence-corrected chi connectivity index (χ0v) is 19.6. The van der Waals surface area contributed by atoms with Crippen molar-refractivity contribution < 1.29 is 19.2 Å². The Bertz CT molecular complexity index is 1160. The molecular formula is C25H22Cl2N2O4. The van der Waals surface area contributed by atoms with Crippen LogP contribution in [0.1, 0.15) is 41.0 Å². The van der Waals surface area contributed by atoms with Gasteiger partial charge in [-0.05, 0) is 37.5 Å². The average Bonchev–Trinajstić information content (AvgIpc) is 3.07. The summed E-state index contributed by atoms with van der Waals surface area (Å²) in [7, 11) is 0. The number of amides is 3. The maximum Gasteiger partial charge on any atom is 0.273 e. The van der Waals surface area contributed by atoms with Crippen LogP contribution in [-0.2, 0) is 9.59 Å². The zero-order chi connectivity index (χ0) is 23.9. The van der Waals surface area contributed by atoms with E-state index in [0.717, 1.165) is 10.0 Å². The lowest BCUT2D eigenvalue weighted by molar-refractivity contribution is -0.156. The molecule has 0 unspecified atom stereocenters. The number of halogens is 2. The fraction of sp³-hybridized carbons (Fsp3) is 0.280. The van der Waals surface area contributed by atoms with Crippen molar-refractivity contribution in [3.63, 3.8) is 0 Å². The van der Waals surface area contributed by atoms with Gasteiger partial charge in [0.15, 0.2) is 5.78 Å². The number of carbonyl (C=O) groups excluding carboxylic acids is 4. The second kappa shape index (κ2) is 9.12. The summed E-state index contributed by atoms with van der Waals surface area (Å²) in [6, 6.07) is 11.6. The minimum atomic E-state index is -1.12. The number of hydrazine groups is 1. The van der Waals surface area contributed by atoms with Crippen LogP contribution in [0.4, 0.5) is 0 Å². The molecule has 2 aliphatic rings. The van der Waals surface area contributed by atoms with Crippen molar-refractivity contribution >= 4 is 46.7 Å². The fourth-order valence-electron chi connectivity index (χ4n) is 4.50. The molecule has 3 amide bonds. The maximum absolute atomic E-state index is 13.7. The molecule has 1 aliphatic heterocycles. The molecule has 4 atom stereocenters. The Morgan fingerprint density at radius 3 is 2.33 bits per heavy atom. The molecule has 0 radical (unpaired) electrons. The van der Waals surface area contributed by atoms with Gasteiger partial charge in [-0.25, -0.2) is 5.01 Å². The Balaban J connectivity index is 1.78. The number of fused-ring (bicyclic) bond motifs is 1. The van der Waals surface area contributed by atoms with Gasteiger partial charge in [-0.1, -0.05) is 72.6 Å². The Morgan fingerprint density at radius 2 is 1.70 bits per heavy atom. The van der Waals surface area contributed by atoms with E-state index in [0.29, 0.717) is 12.0 Å². The minimum absolute atomic E-state index is 0.110. The van der Waals surface area contributed by atoms with Crippen molar-refractivity contribution in [2.45, 2.75) is 26.3 Å². The van der Waals surface area contributed by atoms with Crippen molar-refractivity contribution in [2.24, 2.45) is 17.8 Å². The third-order valence-electron chi connectivity index (χ3n) is 6.24. The summed E-state index contributed by atoms with van der Waals surface area (Å²) in [6.07, 6.45) is 4.19. The second-order valence-corrected chi connectivity index (χ2v) is 9.14. The van der Waals surface area contributed by atoms with Crippen LogP contribution in [0.5, 0.6) is 0 Å². The topological polar surface area (TPSA) is 74.8 Å². The van der Waals surface area contributed by atoms with Crippen molar-refractivity contribution in [3.05, 3.63) is 81.9 Å². The minimum Gasteiger partial charge on any atom is -0.292 e. The molecule has 1 aliphatic carbocycles. The van der Waals surface area contributed by atoms with Gasteiger partial charge in [-0.2, -0.15) is 5.01 Å². The Labute approximate surface area is 201 Å². The van der Waals surface area contributed by atoms with Gasteiger partial charge in [0.05, 0.1) is 21.9 Å². The van der Waals surface area contributed by atoms with E-state index in [2.05, 4.69) is 0 Å². The molecule has 1 fully saturated rings. The van der Waals surface area contributed by atoms with Gasteiger partial charge in [0.2, 0.25) is 0 Å². The van der Waals surface area contributed by atoms with Crippen LogP contribution >= 0.6 is 23.2 Å². The monoisotopic (exact) mass is 484 g/mol. The largest absolute Gasteiger partial charge is 0.292 e. The summed E-state index contributed by atoms with van der Waals surface area (Å²) in [4.78, 5) is 53.8. The van der Waals surface area contributed by atoms with E-state index in [1.54, 1.807) is 30.3 Å². The van der Waals surface area contributed by atoms with E-state index in [-0.39, 0.29) is 21.5 Å². The van der Waals surface area contributed by atoms with E-state index in [4.69, 9.17) is 23.2 Å². The number of ketones is 1. The molecule has 0 bridgehead atoms. The predicted octanol–water partition coefficient (Wildman–Crippen LogP) is 4.82. The van der Waals surface area contributed by atoms with Crippen LogP contribution in [0.25, 0.3) is 0 Å². The van der Waals surface area contributed by atoms with Crippen LogP contribution in [0, 0.1) is 17.8 Å². The van der Waals surface area contributed by atoms with Crippen molar-refractivity contribution in [3.8, 4) is 0 Å². The summed E-state index contributed by atoms with van der Waals surface area (Å²) in [6.45, 7) is 3.38. The fourth-order valence-corrected chi connectivity index (χ4v) is 4.80. The molecular weight excluding hydrogens is 463 g/mol. The second-order valence-electron chi connectivity index (χ2n) is 8.33. The highest BCUT2D eigenvalue weighted by atomic mass is 35.5. The molecule has 6 nitrogen and oxygen atoms in total. The SMILES string of the molecule is C[C@@H]1C=CC[C@@H]2C(=O)N(N(C(=O)c3ccc(Cl)c(Cl)c3)[C@@H](C)C(=O)c3ccccc3)C(=O)[C@@H]12. The summed E-state index contributed by atoms with van der Waals surface area (Å²) in [5, 5.41) is 2.25. The normalized spacial score (nSPS) is 22.8. The predicted molar refractivity (Wildman–Crippen MR) is 125 cm³/mol. The number of imide groups is 1. The van der Waals surface area contributed by atoms with Gasteiger partial charge >= 0.3 is 0 Å². The molecule has 1 saturated heterocycles. The maximum atomic E-state index is 13.7. The van der Waals surface area contributed by atoms with E-state index >= 15 is 0 Å². The highest BCUT2D eigenvalue weighted by Crippen LogP contribution is 2.40. The molecule has 1 heterocycles. The average molecular weight is 485 g/mol. The molecule has 2 aromatic rings. The molecule has 0 saturated carbocycles. The Kier molecular flexibility index (Phi) is 6.41. The molecule has 0 N–H and O–H groups in total. The lowest BCUT2D eigenvalue weighted by atomic mass is 9.78. The van der Waals surface area contributed by atoms with Gasteiger partial charge in [0, 0.05) is 11.1 Å². The molecule has 4 rings (SSSR count). The van der Waals surface area contributed by atoms with Gasteiger partial charge in [-0.15, -0.1) is 0 Å². The molecule has 8 heteroatoms. The number of allylic oxidation sites excluding steroid dienone is 2. The molecule has 33 heavy (non-hydrogen) atoms. The molecule has 170 valence electrons. The summed E-state index contributed by atoms with van der Waals surface area (Å²) < 4.78 is 0. The number of hydrogen-bond donors (Lipinski definition) is 0. The van der Waals surface area contributed by atoms with Crippen molar-refractivity contribution in [2.75, 3.05) is 0 Å². The summed E-state index contributed by atoms with van der Waals surface area (Å²) >= 11 is 12.1. The van der Waals surface area contributed by atoms with Crippen LogP contribution in [-0.4, -0.2) is 39.6 Å². The van der Waals surface area contributed by atoms with E-state index < -0.39 is 41.4 Å². The van der Waals surface area contributed by atoms with Gasteiger partial charge in [0.25, 0.3) is 17.7 Å². The van der Waals surface area contributed by atoms with Crippen molar-refractivity contribution in [1.82, 2.24) is 10.0 Å². The first-order valence-electron chi connectivity index (χ1n) is 10.6. The Hall–Kier alpha value is -2.96. The highest BCUT2D eigenvalue weighted by Gasteiger charge is 2.54. The van der Waals surface area contributed by atoms with Crippen LogP contribution in [0.2, 0.25) is 10.0 Å². The summed E-state index contributed by atoms with van der Waals surface area (Å²) in [5.74, 6) is -3.36. The number of benzene rings is 2. The lowest BCUT2D eigenvalue weighted by Gasteiger charge is -2.35. The summed E-state index contributed by atoms with van der Waals surface area (Å²) in [5.41, 5.74) is 0.474. The zero-order valence-electron chi connectivity index (χ0n) is 18.1. The van der Waals surface area contributed by atoms with E-state index in [9.17, 15) is 19.2 Å². The van der Waals surface area contributed by atoms with E-state index in [1.807, 2.05) is 19.1 Å². The number of nitrogens with zero attached hydrogens (tertiary/aromatic N) is 2. The smallest absolute Gasteiger partial charge is 0.273 e. The van der Waals surface area contributed by atoms with Crippen molar-refractivity contribution in [1.29, 1.82) is 0 Å². The highest BCUT2D eigenvalue weighted by molar-refractivity contribution is 6.42. The standard InChI is InChI=1S/C25H22Cl2N2O4/c1-14-7-6-10-18-21(14)25(33)29(24(18)32)28(15(2)22(30)16-8-4-3-5-9-16)23(31)17-11-12-19(26)20(27)13-17/h3-9,11-15,18,21H,10H2,1-2H3/t14-,15+,18+,21+/m1/s1. The van der Waals surface area contributed by atoms with Crippen LogP contribution in [0.3, 0.4) is 0 Å². The number of hydrogen-bond acceptors (Lipinski definition) is 4. The van der Waals surface area contributed by atoms with E-state index in [1.165, 1.54) is 25.1 Å². The van der Waals surface area contributed by atoms with Gasteiger partial charge < -0.3 is 0 Å². The first kappa shape index (κ1) is 23.2. The number of Topliss-reactive ketones (excluding diaryl/α,β-unsaturated/α-hetero) is 1. The third-order valence-corrected chi connectivity index (χ3v) is 6.98. The molecule has 0 spiro atoms. The van der Waals surface area contributed by atoms with Gasteiger partial charge in [0.1, 0.15) is 6.04 Å². The number of rotatable bonds is 5. The van der Waals surface area contributed by atoms with Crippen LogP contribution < -0.4 is 0 Å². The number of carbonyl (C=O) groups is 4. The Morgan fingerprint density at radius 1 is 1.00 bits per heavy atom. The van der Waals surface area contributed by atoms with Crippen LogP contribution in [0.15, 0.2) is 60.7 Å².